The number of rotatable bonds is 8. The number of morpholine rings is 1. The van der Waals surface area contributed by atoms with Gasteiger partial charge in [0.1, 0.15) is 0 Å². The van der Waals surface area contributed by atoms with Gasteiger partial charge >= 0.3 is 0 Å². The van der Waals surface area contributed by atoms with Crippen molar-refractivity contribution in [1.82, 2.24) is 15.5 Å². The fourth-order valence-corrected chi connectivity index (χ4v) is 4.21. The number of aliphatic imine (C=N–C) groups is 1. The third-order valence-electron chi connectivity index (χ3n) is 4.88. The van der Waals surface area contributed by atoms with E-state index in [9.17, 15) is 8.42 Å². The zero-order valence-electron chi connectivity index (χ0n) is 18.6. The standard InChI is InChI=1S/C21H36N4O3S.HI/c1-5-22-20(23-10-12-25-13-15-28-16-14-25)24-11-17-29(26,27)19-8-6-18(7-9-19)21(2,3)4;/h6-9H,5,10-17H2,1-4H3,(H2,22,23,24);1H. The average Bonchev–Trinajstić information content (AvgIpc) is 2.68. The second kappa shape index (κ2) is 12.8. The lowest BCUT2D eigenvalue weighted by molar-refractivity contribution is 0.0394. The zero-order valence-corrected chi connectivity index (χ0v) is 21.8. The predicted molar refractivity (Wildman–Crippen MR) is 134 cm³/mol. The van der Waals surface area contributed by atoms with Crippen molar-refractivity contribution in [3.05, 3.63) is 29.8 Å². The van der Waals surface area contributed by atoms with Gasteiger partial charge in [-0.1, -0.05) is 32.9 Å². The number of ether oxygens (including phenoxy) is 1. The van der Waals surface area contributed by atoms with Crippen molar-refractivity contribution in [2.24, 2.45) is 4.99 Å². The minimum atomic E-state index is -3.34. The van der Waals surface area contributed by atoms with E-state index in [0.29, 0.717) is 23.9 Å². The Balaban J connectivity index is 0.00000450. The Labute approximate surface area is 199 Å². The molecule has 1 aliphatic rings. The Bertz CT molecular complexity index is 755. The molecule has 7 nitrogen and oxygen atoms in total. The van der Waals surface area contributed by atoms with Crippen LogP contribution in [0.2, 0.25) is 0 Å². The number of hydrogen-bond donors (Lipinski definition) is 2. The highest BCUT2D eigenvalue weighted by Gasteiger charge is 2.18. The summed E-state index contributed by atoms with van der Waals surface area (Å²) in [5.41, 5.74) is 1.12. The van der Waals surface area contributed by atoms with E-state index >= 15 is 0 Å². The highest BCUT2D eigenvalue weighted by molar-refractivity contribution is 14.0. The first kappa shape index (κ1) is 27.1. The van der Waals surface area contributed by atoms with Crippen LogP contribution < -0.4 is 10.6 Å². The van der Waals surface area contributed by atoms with E-state index in [-0.39, 0.29) is 35.1 Å². The summed E-state index contributed by atoms with van der Waals surface area (Å²) in [7, 11) is -3.34. The lowest BCUT2D eigenvalue weighted by Gasteiger charge is -2.25. The van der Waals surface area contributed by atoms with E-state index in [4.69, 9.17) is 4.74 Å². The molecule has 0 spiro atoms. The van der Waals surface area contributed by atoms with Crippen LogP contribution in [-0.4, -0.2) is 77.5 Å². The fourth-order valence-electron chi connectivity index (χ4n) is 3.05. The third-order valence-corrected chi connectivity index (χ3v) is 6.61. The number of halogens is 1. The van der Waals surface area contributed by atoms with Gasteiger partial charge in [-0.3, -0.25) is 9.89 Å². The van der Waals surface area contributed by atoms with Crippen molar-refractivity contribution in [3.8, 4) is 0 Å². The summed E-state index contributed by atoms with van der Waals surface area (Å²) < 4.78 is 30.6. The van der Waals surface area contributed by atoms with E-state index in [2.05, 4.69) is 41.3 Å². The highest BCUT2D eigenvalue weighted by Crippen LogP contribution is 2.23. The Morgan fingerprint density at radius 1 is 1.13 bits per heavy atom. The summed E-state index contributed by atoms with van der Waals surface area (Å²) in [6.07, 6.45) is 0. The largest absolute Gasteiger partial charge is 0.379 e. The molecule has 1 saturated heterocycles. The van der Waals surface area contributed by atoms with Gasteiger partial charge in [0.25, 0.3) is 0 Å². The second-order valence-corrected chi connectivity index (χ2v) is 10.3. The molecule has 0 aliphatic carbocycles. The van der Waals surface area contributed by atoms with Crippen LogP contribution in [0.25, 0.3) is 0 Å². The number of nitrogens with one attached hydrogen (secondary N) is 2. The van der Waals surface area contributed by atoms with Crippen molar-refractivity contribution in [3.63, 3.8) is 0 Å². The van der Waals surface area contributed by atoms with Crippen LogP contribution >= 0.6 is 24.0 Å². The Morgan fingerprint density at radius 3 is 2.33 bits per heavy atom. The second-order valence-electron chi connectivity index (χ2n) is 8.23. The molecule has 1 aliphatic heterocycles. The van der Waals surface area contributed by atoms with Crippen LogP contribution in [-0.2, 0) is 20.0 Å². The van der Waals surface area contributed by atoms with Gasteiger partial charge in [0.15, 0.2) is 15.8 Å². The van der Waals surface area contributed by atoms with Crippen LogP contribution in [0.15, 0.2) is 34.2 Å². The number of guanidine groups is 1. The smallest absolute Gasteiger partial charge is 0.191 e. The van der Waals surface area contributed by atoms with Crippen molar-refractivity contribution >= 4 is 39.8 Å². The molecule has 2 N–H and O–H groups in total. The molecule has 9 heteroatoms. The quantitative estimate of drug-likeness (QED) is 0.293. The number of benzene rings is 1. The molecule has 1 aromatic carbocycles. The van der Waals surface area contributed by atoms with E-state index in [1.807, 2.05) is 19.1 Å². The van der Waals surface area contributed by atoms with Gasteiger partial charge in [0.2, 0.25) is 0 Å². The summed E-state index contributed by atoms with van der Waals surface area (Å²) >= 11 is 0. The maximum absolute atomic E-state index is 12.6. The Morgan fingerprint density at radius 2 is 1.77 bits per heavy atom. The lowest BCUT2D eigenvalue weighted by atomic mass is 9.87. The first-order valence-electron chi connectivity index (χ1n) is 10.4. The fraction of sp³-hybridized carbons (Fsp3) is 0.667. The minimum absolute atomic E-state index is 0. The lowest BCUT2D eigenvalue weighted by Crippen LogP contribution is -2.41. The third kappa shape index (κ3) is 9.07. The van der Waals surface area contributed by atoms with Gasteiger partial charge in [0.05, 0.1) is 30.4 Å². The Hall–Kier alpha value is -0.910. The van der Waals surface area contributed by atoms with Crippen molar-refractivity contribution in [2.45, 2.75) is 38.0 Å². The van der Waals surface area contributed by atoms with Gasteiger partial charge in [-0.15, -0.1) is 24.0 Å². The molecule has 1 fully saturated rings. The SMILES string of the molecule is CCNC(=NCCN1CCOCC1)NCCS(=O)(=O)c1ccc(C(C)(C)C)cc1.I. The van der Waals surface area contributed by atoms with Crippen LogP contribution in [0.5, 0.6) is 0 Å². The number of hydrogen-bond acceptors (Lipinski definition) is 5. The van der Waals surface area contributed by atoms with Crippen LogP contribution in [0.1, 0.15) is 33.3 Å². The van der Waals surface area contributed by atoms with Gasteiger partial charge in [-0.05, 0) is 30.0 Å². The molecule has 30 heavy (non-hydrogen) atoms. The molecule has 0 amide bonds. The maximum Gasteiger partial charge on any atom is 0.191 e. The first-order valence-corrected chi connectivity index (χ1v) is 12.0. The van der Waals surface area contributed by atoms with Crippen molar-refractivity contribution < 1.29 is 13.2 Å². The summed E-state index contributed by atoms with van der Waals surface area (Å²) in [5.74, 6) is 0.675. The van der Waals surface area contributed by atoms with E-state index in [1.165, 1.54) is 0 Å². The molecular formula is C21H37IN4O3S. The molecule has 0 unspecified atom stereocenters. The molecule has 172 valence electrons. The Kier molecular flexibility index (Phi) is 11.6. The van der Waals surface area contributed by atoms with E-state index in [1.54, 1.807) is 12.1 Å². The molecule has 0 atom stereocenters. The van der Waals surface area contributed by atoms with Gasteiger partial charge in [-0.25, -0.2) is 8.42 Å². The molecule has 1 heterocycles. The first-order chi connectivity index (χ1) is 13.7. The van der Waals surface area contributed by atoms with Gasteiger partial charge < -0.3 is 15.4 Å². The van der Waals surface area contributed by atoms with Crippen LogP contribution in [0, 0.1) is 0 Å². The number of sulfone groups is 1. The van der Waals surface area contributed by atoms with Gasteiger partial charge in [0, 0.05) is 32.7 Å². The van der Waals surface area contributed by atoms with Crippen molar-refractivity contribution in [1.29, 1.82) is 0 Å². The van der Waals surface area contributed by atoms with Crippen molar-refractivity contribution in [2.75, 3.05) is 58.2 Å². The minimum Gasteiger partial charge on any atom is -0.379 e. The van der Waals surface area contributed by atoms with E-state index in [0.717, 1.165) is 45.0 Å². The zero-order chi connectivity index (χ0) is 21.3. The molecule has 1 aromatic rings. The molecule has 0 radical (unpaired) electrons. The predicted octanol–water partition coefficient (Wildman–Crippen LogP) is 2.26. The summed E-state index contributed by atoms with van der Waals surface area (Å²) in [6, 6.07) is 7.21. The molecule has 0 aromatic heterocycles. The maximum atomic E-state index is 12.6. The molecule has 0 bridgehead atoms. The summed E-state index contributed by atoms with van der Waals surface area (Å²) in [6.45, 7) is 14.3. The topological polar surface area (TPSA) is 83.0 Å². The summed E-state index contributed by atoms with van der Waals surface area (Å²) in [5, 5.41) is 6.31. The molecule has 2 rings (SSSR count). The van der Waals surface area contributed by atoms with Crippen LogP contribution in [0.3, 0.4) is 0 Å². The normalized spacial score (nSPS) is 16.1. The molecular weight excluding hydrogens is 515 g/mol. The highest BCUT2D eigenvalue weighted by atomic mass is 127. The number of nitrogens with zero attached hydrogens (tertiary/aromatic N) is 2. The van der Waals surface area contributed by atoms with Gasteiger partial charge in [-0.2, -0.15) is 0 Å². The van der Waals surface area contributed by atoms with E-state index < -0.39 is 9.84 Å². The molecule has 0 saturated carbocycles. The summed E-state index contributed by atoms with van der Waals surface area (Å²) in [4.78, 5) is 7.24. The average molecular weight is 553 g/mol. The monoisotopic (exact) mass is 552 g/mol. The van der Waals surface area contributed by atoms with Crippen LogP contribution in [0.4, 0.5) is 0 Å².